The Kier molecular flexibility index (Phi) is 4.17. The first-order valence-corrected chi connectivity index (χ1v) is 9.20. The van der Waals surface area contributed by atoms with Crippen LogP contribution < -0.4 is 5.32 Å². The van der Waals surface area contributed by atoms with Crippen molar-refractivity contribution in [3.8, 4) is 0 Å². The third kappa shape index (κ3) is 3.48. The molecule has 0 radical (unpaired) electrons. The fourth-order valence-electron chi connectivity index (χ4n) is 3.93. The summed E-state index contributed by atoms with van der Waals surface area (Å²) in [4.78, 5) is 0. The molecule has 3 heteroatoms. The van der Waals surface area contributed by atoms with Gasteiger partial charge in [0, 0.05) is 24.4 Å². The van der Waals surface area contributed by atoms with Crippen molar-refractivity contribution in [3.05, 3.63) is 0 Å². The van der Waals surface area contributed by atoms with E-state index >= 15 is 0 Å². The molecule has 1 spiro atoms. The van der Waals surface area contributed by atoms with Gasteiger partial charge in [-0.1, -0.05) is 13.8 Å². The second kappa shape index (κ2) is 5.57. The molecule has 19 heavy (non-hydrogen) atoms. The minimum atomic E-state index is 0.231. The average Bonchev–Trinajstić information content (AvgIpc) is 2.80. The van der Waals surface area contributed by atoms with E-state index in [1.807, 2.05) is 0 Å². The predicted molar refractivity (Wildman–Crippen MR) is 82.8 cm³/mol. The molecular weight excluding hydrogens is 254 g/mol. The van der Waals surface area contributed by atoms with Crippen LogP contribution >= 0.6 is 11.8 Å². The molecule has 2 aliphatic heterocycles. The fourth-order valence-corrected chi connectivity index (χ4v) is 5.31. The molecule has 1 N–H and O–H groups in total. The number of rotatable bonds is 2. The van der Waals surface area contributed by atoms with Gasteiger partial charge in [-0.05, 0) is 56.1 Å². The van der Waals surface area contributed by atoms with Crippen molar-refractivity contribution >= 4 is 11.8 Å². The monoisotopic (exact) mass is 283 g/mol. The van der Waals surface area contributed by atoms with E-state index in [0.717, 1.165) is 12.6 Å². The summed E-state index contributed by atoms with van der Waals surface area (Å²) in [5.41, 5.74) is 0.811. The Labute approximate surface area is 122 Å². The van der Waals surface area contributed by atoms with Gasteiger partial charge in [0.25, 0.3) is 0 Å². The molecule has 110 valence electrons. The van der Waals surface area contributed by atoms with Gasteiger partial charge in [0.2, 0.25) is 0 Å². The highest BCUT2D eigenvalue weighted by Gasteiger charge is 2.41. The first-order valence-electron chi connectivity index (χ1n) is 8.05. The number of thioether (sulfide) groups is 1. The lowest BCUT2D eigenvalue weighted by Crippen LogP contribution is -2.50. The molecule has 2 nitrogen and oxygen atoms in total. The quantitative estimate of drug-likeness (QED) is 0.836. The fraction of sp³-hybridized carbons (Fsp3) is 1.00. The van der Waals surface area contributed by atoms with Crippen LogP contribution in [0, 0.1) is 5.41 Å². The molecule has 0 aromatic carbocycles. The van der Waals surface area contributed by atoms with E-state index in [2.05, 4.69) is 30.9 Å². The zero-order valence-corrected chi connectivity index (χ0v) is 13.4. The van der Waals surface area contributed by atoms with E-state index in [9.17, 15) is 0 Å². The largest absolute Gasteiger partial charge is 0.374 e. The summed E-state index contributed by atoms with van der Waals surface area (Å²) in [5.74, 6) is 2.52. The summed E-state index contributed by atoms with van der Waals surface area (Å²) >= 11 is 2.07. The van der Waals surface area contributed by atoms with Gasteiger partial charge in [-0.3, -0.25) is 0 Å². The molecule has 2 atom stereocenters. The van der Waals surface area contributed by atoms with Crippen LogP contribution in [0.3, 0.4) is 0 Å². The normalized spacial score (nSPS) is 39.8. The molecule has 0 aromatic heterocycles. The second-order valence-electron chi connectivity index (χ2n) is 7.63. The summed E-state index contributed by atoms with van der Waals surface area (Å²) in [7, 11) is 0. The number of hydrogen-bond donors (Lipinski definition) is 1. The number of nitrogens with one attached hydrogen (secondary N) is 1. The molecule has 3 rings (SSSR count). The highest BCUT2D eigenvalue weighted by molar-refractivity contribution is 7.99. The number of hydrogen-bond acceptors (Lipinski definition) is 3. The van der Waals surface area contributed by atoms with Crippen LogP contribution in [0.5, 0.6) is 0 Å². The third-order valence-corrected chi connectivity index (χ3v) is 6.59. The lowest BCUT2D eigenvalue weighted by Gasteiger charge is -2.41. The van der Waals surface area contributed by atoms with Crippen LogP contribution in [0.2, 0.25) is 0 Å². The molecule has 3 aliphatic rings. The van der Waals surface area contributed by atoms with Crippen LogP contribution in [0.1, 0.15) is 58.8 Å². The Morgan fingerprint density at radius 2 is 1.84 bits per heavy atom. The van der Waals surface area contributed by atoms with Gasteiger partial charge in [0.05, 0.1) is 5.60 Å². The maximum absolute atomic E-state index is 6.12. The van der Waals surface area contributed by atoms with Crippen molar-refractivity contribution in [1.29, 1.82) is 0 Å². The van der Waals surface area contributed by atoms with Crippen molar-refractivity contribution in [2.45, 2.75) is 76.5 Å². The van der Waals surface area contributed by atoms with Crippen molar-refractivity contribution in [2.24, 2.45) is 5.41 Å². The molecule has 2 saturated heterocycles. The minimum Gasteiger partial charge on any atom is -0.374 e. The first kappa shape index (κ1) is 14.2. The van der Waals surface area contributed by atoms with Gasteiger partial charge >= 0.3 is 0 Å². The van der Waals surface area contributed by atoms with Gasteiger partial charge in [-0.2, -0.15) is 11.8 Å². The topological polar surface area (TPSA) is 21.3 Å². The van der Waals surface area contributed by atoms with Crippen LogP contribution in [-0.2, 0) is 4.74 Å². The van der Waals surface area contributed by atoms with Gasteiger partial charge in [0.15, 0.2) is 0 Å². The summed E-state index contributed by atoms with van der Waals surface area (Å²) in [6.45, 7) is 5.81. The Morgan fingerprint density at radius 1 is 1.05 bits per heavy atom. The van der Waals surface area contributed by atoms with Crippen molar-refractivity contribution in [2.75, 3.05) is 18.1 Å². The summed E-state index contributed by atoms with van der Waals surface area (Å²) in [5, 5.41) is 3.96. The molecule has 1 saturated carbocycles. The van der Waals surface area contributed by atoms with Gasteiger partial charge < -0.3 is 10.1 Å². The SMILES string of the molecule is CC1(C)CCC(NC2CCOC3(CCSC3)C2)CC1. The Bertz CT molecular complexity index is 302. The van der Waals surface area contributed by atoms with E-state index < -0.39 is 0 Å². The van der Waals surface area contributed by atoms with E-state index in [-0.39, 0.29) is 5.60 Å². The van der Waals surface area contributed by atoms with Crippen LogP contribution in [0.25, 0.3) is 0 Å². The zero-order valence-electron chi connectivity index (χ0n) is 12.5. The van der Waals surface area contributed by atoms with Gasteiger partial charge in [-0.15, -0.1) is 0 Å². The first-order chi connectivity index (χ1) is 9.07. The summed E-state index contributed by atoms with van der Waals surface area (Å²) in [6.07, 6.45) is 9.24. The molecule has 1 aliphatic carbocycles. The predicted octanol–water partition coefficient (Wildman–Crippen LogP) is 3.60. The second-order valence-corrected chi connectivity index (χ2v) is 8.73. The van der Waals surface area contributed by atoms with Gasteiger partial charge in [0.1, 0.15) is 0 Å². The molecular formula is C16H29NOS. The minimum absolute atomic E-state index is 0.231. The summed E-state index contributed by atoms with van der Waals surface area (Å²) < 4.78 is 6.12. The molecule has 0 bridgehead atoms. The zero-order chi connectivity index (χ0) is 13.3. The van der Waals surface area contributed by atoms with Gasteiger partial charge in [-0.25, -0.2) is 0 Å². The Balaban J connectivity index is 1.50. The highest BCUT2D eigenvalue weighted by atomic mass is 32.2. The van der Waals surface area contributed by atoms with Crippen molar-refractivity contribution in [1.82, 2.24) is 5.32 Å². The van der Waals surface area contributed by atoms with E-state index in [1.54, 1.807) is 0 Å². The molecule has 2 heterocycles. The van der Waals surface area contributed by atoms with E-state index in [1.165, 1.54) is 56.5 Å². The standard InChI is InChI=1S/C16H29NOS/c1-15(2)6-3-13(4-7-15)17-14-5-9-18-16(11-14)8-10-19-12-16/h13-14,17H,3-12H2,1-2H3. The lowest BCUT2D eigenvalue weighted by atomic mass is 9.75. The number of ether oxygens (including phenoxy) is 1. The summed E-state index contributed by atoms with van der Waals surface area (Å²) in [6, 6.07) is 1.47. The molecule has 0 amide bonds. The molecule has 3 fully saturated rings. The van der Waals surface area contributed by atoms with E-state index in [0.29, 0.717) is 11.5 Å². The van der Waals surface area contributed by atoms with Crippen LogP contribution in [-0.4, -0.2) is 35.8 Å². The van der Waals surface area contributed by atoms with Crippen molar-refractivity contribution < 1.29 is 4.74 Å². The smallest absolute Gasteiger partial charge is 0.0795 e. The Hall–Kier alpha value is 0.270. The van der Waals surface area contributed by atoms with Crippen LogP contribution in [0.15, 0.2) is 0 Å². The average molecular weight is 283 g/mol. The Morgan fingerprint density at radius 3 is 2.53 bits per heavy atom. The van der Waals surface area contributed by atoms with E-state index in [4.69, 9.17) is 4.74 Å². The van der Waals surface area contributed by atoms with Crippen LogP contribution in [0.4, 0.5) is 0 Å². The lowest BCUT2D eigenvalue weighted by molar-refractivity contribution is -0.0721. The maximum Gasteiger partial charge on any atom is 0.0795 e. The maximum atomic E-state index is 6.12. The third-order valence-electron chi connectivity index (χ3n) is 5.37. The molecule has 0 aromatic rings. The molecule has 2 unspecified atom stereocenters. The highest BCUT2D eigenvalue weighted by Crippen LogP contribution is 2.39. The van der Waals surface area contributed by atoms with Crippen molar-refractivity contribution in [3.63, 3.8) is 0 Å².